The molecule has 3 rings (SSSR count). The summed E-state index contributed by atoms with van der Waals surface area (Å²) in [5.74, 6) is 0.0140. The number of carbonyl (C=O) groups is 1. The lowest BCUT2D eigenvalue weighted by molar-refractivity contribution is -0.121. The second-order valence-corrected chi connectivity index (χ2v) is 6.36. The Labute approximate surface area is 140 Å². The molecule has 24 heavy (non-hydrogen) atoms. The van der Waals surface area contributed by atoms with Crippen LogP contribution in [0.2, 0.25) is 0 Å². The van der Waals surface area contributed by atoms with Crippen molar-refractivity contribution in [1.29, 1.82) is 0 Å². The maximum Gasteiger partial charge on any atom is 0.278 e. The first-order chi connectivity index (χ1) is 11.6. The van der Waals surface area contributed by atoms with Crippen LogP contribution in [0.3, 0.4) is 0 Å². The first-order valence-corrected chi connectivity index (χ1v) is 8.50. The Morgan fingerprint density at radius 2 is 2.29 bits per heavy atom. The third-order valence-corrected chi connectivity index (χ3v) is 4.71. The van der Waals surface area contributed by atoms with Gasteiger partial charge in [-0.15, -0.1) is 0 Å². The molecule has 1 fully saturated rings. The molecule has 130 valence electrons. The number of amides is 1. The number of hydrogen-bond acceptors (Lipinski definition) is 5. The quantitative estimate of drug-likeness (QED) is 0.803. The predicted octanol–water partition coefficient (Wildman–Crippen LogP) is 0.500. The van der Waals surface area contributed by atoms with Crippen molar-refractivity contribution in [1.82, 2.24) is 29.7 Å². The summed E-state index contributed by atoms with van der Waals surface area (Å²) in [5, 5.41) is 2.98. The Morgan fingerprint density at radius 3 is 3.12 bits per heavy atom. The Balaban J connectivity index is 1.45. The second kappa shape index (κ2) is 7.57. The van der Waals surface area contributed by atoms with Crippen LogP contribution in [0.5, 0.6) is 0 Å². The number of likely N-dealkylation sites (tertiary alicyclic amines) is 1. The maximum atomic E-state index is 12.0. The van der Waals surface area contributed by atoms with E-state index in [2.05, 4.69) is 32.2 Å². The van der Waals surface area contributed by atoms with Crippen molar-refractivity contribution in [3.8, 4) is 0 Å². The molecule has 0 radical (unpaired) electrons. The number of imidazole rings is 1. The molecule has 0 saturated carbocycles. The van der Waals surface area contributed by atoms with Gasteiger partial charge in [-0.3, -0.25) is 9.59 Å². The van der Waals surface area contributed by atoms with E-state index >= 15 is 0 Å². The molecule has 8 heteroatoms. The Kier molecular flexibility index (Phi) is 5.24. The van der Waals surface area contributed by atoms with E-state index in [0.717, 1.165) is 13.0 Å². The van der Waals surface area contributed by atoms with E-state index in [0.29, 0.717) is 36.7 Å². The number of fused-ring (bicyclic) bond motifs is 1. The predicted molar refractivity (Wildman–Crippen MR) is 90.7 cm³/mol. The molecule has 2 aromatic heterocycles. The van der Waals surface area contributed by atoms with Gasteiger partial charge >= 0.3 is 0 Å². The van der Waals surface area contributed by atoms with Crippen molar-refractivity contribution in [2.24, 2.45) is 0 Å². The largest absolute Gasteiger partial charge is 0.356 e. The highest BCUT2D eigenvalue weighted by atomic mass is 16.1. The molecule has 0 spiro atoms. The van der Waals surface area contributed by atoms with Crippen molar-refractivity contribution in [2.45, 2.75) is 44.7 Å². The zero-order valence-electron chi connectivity index (χ0n) is 14.0. The number of nitrogens with zero attached hydrogens (tertiary/aromatic N) is 4. The molecule has 1 aliphatic rings. The highest BCUT2D eigenvalue weighted by Crippen LogP contribution is 2.17. The van der Waals surface area contributed by atoms with E-state index in [1.54, 1.807) is 10.9 Å². The van der Waals surface area contributed by atoms with Crippen LogP contribution in [0.1, 0.15) is 32.1 Å². The lowest BCUT2D eigenvalue weighted by atomic mass is 10.0. The number of aryl methyl sites for hydroxylation is 1. The van der Waals surface area contributed by atoms with Crippen LogP contribution in [-0.2, 0) is 11.3 Å². The minimum atomic E-state index is -0.264. The molecule has 8 nitrogen and oxygen atoms in total. The van der Waals surface area contributed by atoms with Crippen molar-refractivity contribution >= 4 is 17.1 Å². The Bertz CT molecular complexity index is 752. The van der Waals surface area contributed by atoms with Crippen LogP contribution in [0.4, 0.5) is 0 Å². The first-order valence-electron chi connectivity index (χ1n) is 8.50. The number of rotatable bonds is 6. The fraction of sp³-hybridized carbons (Fsp3) is 0.625. The van der Waals surface area contributed by atoms with Gasteiger partial charge in [0.15, 0.2) is 11.2 Å². The van der Waals surface area contributed by atoms with Gasteiger partial charge in [0, 0.05) is 25.6 Å². The minimum absolute atomic E-state index is 0.0140. The molecule has 1 aliphatic heterocycles. The number of aromatic nitrogens is 4. The molecular weight excluding hydrogens is 308 g/mol. The first kappa shape index (κ1) is 16.6. The van der Waals surface area contributed by atoms with Gasteiger partial charge in [-0.05, 0) is 32.9 Å². The van der Waals surface area contributed by atoms with Gasteiger partial charge in [-0.2, -0.15) is 0 Å². The summed E-state index contributed by atoms with van der Waals surface area (Å²) in [5.41, 5.74) is 0.549. The van der Waals surface area contributed by atoms with E-state index in [1.807, 2.05) is 0 Å². The highest BCUT2D eigenvalue weighted by Gasteiger charge is 2.18. The molecule has 0 bridgehead atoms. The number of aromatic amines is 1. The van der Waals surface area contributed by atoms with Gasteiger partial charge in [-0.1, -0.05) is 6.42 Å². The van der Waals surface area contributed by atoms with Gasteiger partial charge in [0.25, 0.3) is 5.56 Å². The standard InChI is InChI=1S/C16H24N6O2/c1-21-8-3-2-4-12(21)5-7-17-13(23)6-9-22-11-20-14-15(22)18-10-19-16(14)24/h10-12H,2-9H2,1H3,(H,17,23)(H,18,19,24). The fourth-order valence-electron chi connectivity index (χ4n) is 3.25. The van der Waals surface area contributed by atoms with Crippen LogP contribution in [0.15, 0.2) is 17.4 Å². The fourth-order valence-corrected chi connectivity index (χ4v) is 3.25. The minimum Gasteiger partial charge on any atom is -0.356 e. The summed E-state index contributed by atoms with van der Waals surface area (Å²) in [6, 6.07) is 0.576. The molecule has 2 N–H and O–H groups in total. The third kappa shape index (κ3) is 3.81. The summed E-state index contributed by atoms with van der Waals surface area (Å²) in [7, 11) is 2.16. The number of H-pyrrole nitrogens is 1. The van der Waals surface area contributed by atoms with Crippen molar-refractivity contribution in [2.75, 3.05) is 20.1 Å². The van der Waals surface area contributed by atoms with E-state index < -0.39 is 0 Å². The van der Waals surface area contributed by atoms with Crippen molar-refractivity contribution in [3.63, 3.8) is 0 Å². The van der Waals surface area contributed by atoms with E-state index in [4.69, 9.17) is 0 Å². The molecule has 1 atom stereocenters. The van der Waals surface area contributed by atoms with E-state index in [-0.39, 0.29) is 11.5 Å². The number of piperidine rings is 1. The van der Waals surface area contributed by atoms with Crippen LogP contribution in [0, 0.1) is 0 Å². The summed E-state index contributed by atoms with van der Waals surface area (Å²) >= 11 is 0. The summed E-state index contributed by atoms with van der Waals surface area (Å²) in [4.78, 5) is 36.7. The van der Waals surface area contributed by atoms with Crippen LogP contribution < -0.4 is 10.9 Å². The van der Waals surface area contributed by atoms with E-state index in [1.165, 1.54) is 25.6 Å². The summed E-state index contributed by atoms with van der Waals surface area (Å²) in [6.45, 7) is 2.32. The summed E-state index contributed by atoms with van der Waals surface area (Å²) in [6.07, 6.45) is 8.01. The average molecular weight is 332 g/mol. The SMILES string of the molecule is CN1CCCCC1CCNC(=O)CCn1cnc2c(=O)[nH]cnc21. The average Bonchev–Trinajstić information content (AvgIpc) is 2.99. The van der Waals surface area contributed by atoms with Gasteiger partial charge in [0.1, 0.15) is 0 Å². The lowest BCUT2D eigenvalue weighted by Crippen LogP contribution is -2.39. The molecule has 3 heterocycles. The smallest absolute Gasteiger partial charge is 0.278 e. The topological polar surface area (TPSA) is 95.9 Å². The monoisotopic (exact) mass is 332 g/mol. The molecule has 1 amide bonds. The zero-order chi connectivity index (χ0) is 16.9. The molecule has 1 saturated heterocycles. The number of hydrogen-bond donors (Lipinski definition) is 2. The Morgan fingerprint density at radius 1 is 1.42 bits per heavy atom. The van der Waals surface area contributed by atoms with Gasteiger partial charge in [0.2, 0.25) is 5.91 Å². The number of carbonyl (C=O) groups excluding carboxylic acids is 1. The molecule has 1 unspecified atom stereocenters. The maximum absolute atomic E-state index is 12.0. The second-order valence-electron chi connectivity index (χ2n) is 6.36. The molecule has 0 aromatic carbocycles. The third-order valence-electron chi connectivity index (χ3n) is 4.71. The zero-order valence-corrected chi connectivity index (χ0v) is 14.0. The van der Waals surface area contributed by atoms with Gasteiger partial charge in [0.05, 0.1) is 12.7 Å². The lowest BCUT2D eigenvalue weighted by Gasteiger charge is -2.32. The normalized spacial score (nSPS) is 18.8. The van der Waals surface area contributed by atoms with Crippen LogP contribution >= 0.6 is 0 Å². The van der Waals surface area contributed by atoms with Gasteiger partial charge in [-0.25, -0.2) is 9.97 Å². The van der Waals surface area contributed by atoms with Gasteiger partial charge < -0.3 is 19.8 Å². The van der Waals surface area contributed by atoms with Crippen molar-refractivity contribution in [3.05, 3.63) is 23.0 Å². The van der Waals surface area contributed by atoms with Crippen LogP contribution in [0.25, 0.3) is 11.2 Å². The molecular formula is C16H24N6O2. The summed E-state index contributed by atoms with van der Waals surface area (Å²) < 4.78 is 1.74. The van der Waals surface area contributed by atoms with Crippen molar-refractivity contribution < 1.29 is 4.79 Å². The number of nitrogens with one attached hydrogen (secondary N) is 2. The molecule has 2 aromatic rings. The highest BCUT2D eigenvalue weighted by molar-refractivity contribution is 5.76. The van der Waals surface area contributed by atoms with E-state index in [9.17, 15) is 9.59 Å². The van der Waals surface area contributed by atoms with Crippen LogP contribution in [-0.4, -0.2) is 56.5 Å². The molecule has 0 aliphatic carbocycles. The Hall–Kier alpha value is -2.22.